The predicted octanol–water partition coefficient (Wildman–Crippen LogP) is 3.98. The fourth-order valence-electron chi connectivity index (χ4n) is 3.17. The van der Waals surface area contributed by atoms with Crippen molar-refractivity contribution in [3.8, 4) is 11.6 Å². The van der Waals surface area contributed by atoms with Gasteiger partial charge in [-0.2, -0.15) is 0 Å². The molecule has 0 spiro atoms. The molecular formula is C19H20N4O. The van der Waals surface area contributed by atoms with Crippen LogP contribution in [-0.4, -0.2) is 28.3 Å². The molecule has 1 atom stereocenters. The molecule has 1 saturated heterocycles. The topological polar surface area (TPSA) is 54.0 Å². The van der Waals surface area contributed by atoms with Crippen molar-refractivity contribution >= 4 is 5.82 Å². The number of piperidine rings is 1. The Bertz CT molecular complexity index is 772. The smallest absolute Gasteiger partial charge is 0.238 e. The molecule has 24 heavy (non-hydrogen) atoms. The van der Waals surface area contributed by atoms with Gasteiger partial charge in [0.1, 0.15) is 11.6 Å². The van der Waals surface area contributed by atoms with Crippen LogP contribution in [0.3, 0.4) is 0 Å². The SMILES string of the molecule is c1ccc(Oc2cc([C@H]3CCCN(c4ccccn4)C3)[nH]n2)cc1. The number of rotatable bonds is 4. The lowest BCUT2D eigenvalue weighted by molar-refractivity contribution is 0.461. The van der Waals surface area contributed by atoms with E-state index in [1.807, 2.05) is 54.7 Å². The maximum Gasteiger partial charge on any atom is 0.238 e. The number of nitrogens with zero attached hydrogens (tertiary/aromatic N) is 3. The fraction of sp³-hybridized carbons (Fsp3) is 0.263. The maximum atomic E-state index is 5.79. The average molecular weight is 320 g/mol. The molecule has 0 unspecified atom stereocenters. The number of benzene rings is 1. The Morgan fingerprint density at radius 3 is 2.79 bits per heavy atom. The van der Waals surface area contributed by atoms with Gasteiger partial charge in [0.05, 0.1) is 0 Å². The number of H-pyrrole nitrogens is 1. The first-order valence-electron chi connectivity index (χ1n) is 8.33. The summed E-state index contributed by atoms with van der Waals surface area (Å²) in [5.74, 6) is 2.88. The van der Waals surface area contributed by atoms with Crippen molar-refractivity contribution in [3.05, 3.63) is 66.5 Å². The fourth-order valence-corrected chi connectivity index (χ4v) is 3.17. The van der Waals surface area contributed by atoms with Crippen LogP contribution in [0.4, 0.5) is 5.82 Å². The molecule has 0 saturated carbocycles. The number of para-hydroxylation sites is 1. The highest BCUT2D eigenvalue weighted by Crippen LogP contribution is 2.30. The average Bonchev–Trinajstić information content (AvgIpc) is 3.12. The Labute approximate surface area is 141 Å². The zero-order valence-corrected chi connectivity index (χ0v) is 13.4. The van der Waals surface area contributed by atoms with Crippen LogP contribution in [0.5, 0.6) is 11.6 Å². The number of aromatic nitrogens is 3. The number of aromatic amines is 1. The minimum atomic E-state index is 0.418. The summed E-state index contributed by atoms with van der Waals surface area (Å²) in [6.07, 6.45) is 4.15. The van der Waals surface area contributed by atoms with Crippen LogP contribution in [0.2, 0.25) is 0 Å². The van der Waals surface area contributed by atoms with Crippen molar-refractivity contribution in [3.63, 3.8) is 0 Å². The Hall–Kier alpha value is -2.82. The lowest BCUT2D eigenvalue weighted by Gasteiger charge is -2.32. The van der Waals surface area contributed by atoms with Gasteiger partial charge in [0, 0.05) is 37.0 Å². The van der Waals surface area contributed by atoms with E-state index in [1.165, 1.54) is 0 Å². The Morgan fingerprint density at radius 2 is 1.96 bits per heavy atom. The zero-order valence-electron chi connectivity index (χ0n) is 13.4. The third-order valence-corrected chi connectivity index (χ3v) is 4.37. The van der Waals surface area contributed by atoms with E-state index in [1.54, 1.807) is 0 Å². The highest BCUT2D eigenvalue weighted by Gasteiger charge is 2.24. The minimum Gasteiger partial charge on any atom is -0.438 e. The van der Waals surface area contributed by atoms with Gasteiger partial charge in [0.2, 0.25) is 5.88 Å². The second-order valence-corrected chi connectivity index (χ2v) is 6.05. The second-order valence-electron chi connectivity index (χ2n) is 6.05. The van der Waals surface area contributed by atoms with Crippen molar-refractivity contribution in [1.82, 2.24) is 15.2 Å². The van der Waals surface area contributed by atoms with Crippen LogP contribution in [0.1, 0.15) is 24.5 Å². The first kappa shape index (κ1) is 14.8. The third-order valence-electron chi connectivity index (χ3n) is 4.37. The molecule has 4 rings (SSSR count). The van der Waals surface area contributed by atoms with Gasteiger partial charge in [-0.25, -0.2) is 4.98 Å². The normalized spacial score (nSPS) is 17.7. The molecule has 2 aromatic heterocycles. The minimum absolute atomic E-state index is 0.418. The van der Waals surface area contributed by atoms with Crippen molar-refractivity contribution in [2.24, 2.45) is 0 Å². The van der Waals surface area contributed by atoms with Gasteiger partial charge in [0.15, 0.2) is 0 Å². The van der Waals surface area contributed by atoms with Crippen LogP contribution >= 0.6 is 0 Å². The summed E-state index contributed by atoms with van der Waals surface area (Å²) in [7, 11) is 0. The largest absolute Gasteiger partial charge is 0.438 e. The van der Waals surface area contributed by atoms with Crippen LogP contribution in [0, 0.1) is 0 Å². The molecule has 3 aromatic rings. The Kier molecular flexibility index (Phi) is 4.14. The Morgan fingerprint density at radius 1 is 1.08 bits per heavy atom. The van der Waals surface area contributed by atoms with Gasteiger partial charge in [-0.15, -0.1) is 5.10 Å². The van der Waals surface area contributed by atoms with Gasteiger partial charge >= 0.3 is 0 Å². The lowest BCUT2D eigenvalue weighted by Crippen LogP contribution is -2.35. The van der Waals surface area contributed by atoms with Crippen LogP contribution < -0.4 is 9.64 Å². The highest BCUT2D eigenvalue weighted by molar-refractivity contribution is 5.39. The van der Waals surface area contributed by atoms with E-state index >= 15 is 0 Å². The van der Waals surface area contributed by atoms with E-state index in [4.69, 9.17) is 4.74 Å². The number of hydrogen-bond acceptors (Lipinski definition) is 4. The molecular weight excluding hydrogens is 300 g/mol. The molecule has 3 heterocycles. The van der Waals surface area contributed by atoms with Gasteiger partial charge in [-0.05, 0) is 37.1 Å². The molecule has 1 aliphatic rings. The number of hydrogen-bond donors (Lipinski definition) is 1. The first-order valence-corrected chi connectivity index (χ1v) is 8.33. The summed E-state index contributed by atoms with van der Waals surface area (Å²) in [5.41, 5.74) is 1.13. The molecule has 1 N–H and O–H groups in total. The number of anilines is 1. The lowest BCUT2D eigenvalue weighted by atomic mass is 9.95. The molecule has 1 fully saturated rings. The van der Waals surface area contributed by atoms with E-state index in [0.717, 1.165) is 43.2 Å². The summed E-state index contributed by atoms with van der Waals surface area (Å²) in [5, 5.41) is 7.45. The van der Waals surface area contributed by atoms with Crippen molar-refractivity contribution in [1.29, 1.82) is 0 Å². The molecule has 0 amide bonds. The van der Waals surface area contributed by atoms with Gasteiger partial charge < -0.3 is 9.64 Å². The molecule has 5 heteroatoms. The maximum absolute atomic E-state index is 5.79. The van der Waals surface area contributed by atoms with Crippen LogP contribution in [0.15, 0.2) is 60.8 Å². The summed E-state index contributed by atoms with van der Waals surface area (Å²) in [4.78, 5) is 6.81. The second kappa shape index (κ2) is 6.74. The van der Waals surface area contributed by atoms with Crippen LogP contribution in [-0.2, 0) is 0 Å². The molecule has 122 valence electrons. The van der Waals surface area contributed by atoms with Crippen molar-refractivity contribution in [2.45, 2.75) is 18.8 Å². The van der Waals surface area contributed by atoms with E-state index < -0.39 is 0 Å². The summed E-state index contributed by atoms with van der Waals surface area (Å²) in [6.45, 7) is 2.00. The predicted molar refractivity (Wildman–Crippen MR) is 93.5 cm³/mol. The number of ether oxygens (including phenoxy) is 1. The van der Waals surface area contributed by atoms with Gasteiger partial charge in [-0.3, -0.25) is 5.10 Å². The zero-order chi connectivity index (χ0) is 16.2. The summed E-state index contributed by atoms with van der Waals surface area (Å²) in [6, 6.07) is 17.8. The third kappa shape index (κ3) is 3.25. The molecule has 1 aromatic carbocycles. The quantitative estimate of drug-likeness (QED) is 0.790. The van der Waals surface area contributed by atoms with E-state index in [2.05, 4.69) is 26.1 Å². The summed E-state index contributed by atoms with van der Waals surface area (Å²) < 4.78 is 5.79. The van der Waals surface area contributed by atoms with Crippen molar-refractivity contribution in [2.75, 3.05) is 18.0 Å². The first-order chi connectivity index (χ1) is 11.9. The number of nitrogens with one attached hydrogen (secondary N) is 1. The molecule has 0 bridgehead atoms. The molecule has 1 aliphatic heterocycles. The molecule has 0 aliphatic carbocycles. The molecule has 0 radical (unpaired) electrons. The standard InChI is InChI=1S/C19H20N4O/c1-2-8-16(9-3-1)24-19-13-17(21-22-19)15-7-6-12-23(14-15)18-10-4-5-11-20-18/h1-5,8-11,13,15H,6-7,12,14H2,(H,21,22)/t15-/m0/s1. The van der Waals surface area contributed by atoms with Crippen molar-refractivity contribution < 1.29 is 4.74 Å². The van der Waals surface area contributed by atoms with Gasteiger partial charge in [0.25, 0.3) is 0 Å². The van der Waals surface area contributed by atoms with E-state index in [-0.39, 0.29) is 0 Å². The molecule has 5 nitrogen and oxygen atoms in total. The van der Waals surface area contributed by atoms with Crippen LogP contribution in [0.25, 0.3) is 0 Å². The van der Waals surface area contributed by atoms with E-state index in [9.17, 15) is 0 Å². The monoisotopic (exact) mass is 320 g/mol. The Balaban J connectivity index is 1.46. The highest BCUT2D eigenvalue weighted by atomic mass is 16.5. The van der Waals surface area contributed by atoms with E-state index in [0.29, 0.717) is 11.8 Å². The number of pyridine rings is 1. The summed E-state index contributed by atoms with van der Waals surface area (Å²) >= 11 is 0. The van der Waals surface area contributed by atoms with Gasteiger partial charge in [-0.1, -0.05) is 24.3 Å².